The van der Waals surface area contributed by atoms with E-state index in [1.165, 1.54) is 12.8 Å². The number of aryl methyl sites for hydroxylation is 1. The molecule has 1 saturated carbocycles. The van der Waals surface area contributed by atoms with Crippen LogP contribution in [0.15, 0.2) is 12.3 Å². The van der Waals surface area contributed by atoms with Crippen molar-refractivity contribution >= 4 is 0 Å². The summed E-state index contributed by atoms with van der Waals surface area (Å²) in [5.74, 6) is 0. The summed E-state index contributed by atoms with van der Waals surface area (Å²) < 4.78 is 1.80. The van der Waals surface area contributed by atoms with E-state index in [1.807, 2.05) is 13.1 Å². The van der Waals surface area contributed by atoms with Gasteiger partial charge in [0.25, 0.3) is 0 Å². The van der Waals surface area contributed by atoms with E-state index in [1.54, 1.807) is 10.9 Å². The second-order valence-electron chi connectivity index (χ2n) is 4.29. The SMILES string of the molecule is Cn1nccc1C1(O)CCCCCC1. The van der Waals surface area contributed by atoms with E-state index in [-0.39, 0.29) is 0 Å². The Kier molecular flexibility index (Phi) is 2.59. The fourth-order valence-corrected chi connectivity index (χ4v) is 2.40. The minimum absolute atomic E-state index is 0.623. The highest BCUT2D eigenvalue weighted by molar-refractivity contribution is 5.11. The quantitative estimate of drug-likeness (QED) is 0.694. The first kappa shape index (κ1) is 9.71. The van der Waals surface area contributed by atoms with Gasteiger partial charge in [-0.3, -0.25) is 4.68 Å². The Labute approximate surface area is 84.7 Å². The van der Waals surface area contributed by atoms with Gasteiger partial charge in [-0.2, -0.15) is 5.10 Å². The summed E-state index contributed by atoms with van der Waals surface area (Å²) >= 11 is 0. The lowest BCUT2D eigenvalue weighted by molar-refractivity contribution is 0.0128. The molecule has 1 heterocycles. The molecule has 3 heteroatoms. The fourth-order valence-electron chi connectivity index (χ4n) is 2.40. The van der Waals surface area contributed by atoms with Crippen molar-refractivity contribution in [2.24, 2.45) is 7.05 Å². The maximum Gasteiger partial charge on any atom is 0.106 e. The molecule has 0 radical (unpaired) electrons. The van der Waals surface area contributed by atoms with Crippen LogP contribution < -0.4 is 0 Å². The van der Waals surface area contributed by atoms with Gasteiger partial charge in [0, 0.05) is 13.2 Å². The molecule has 1 aromatic heterocycles. The first-order valence-electron chi connectivity index (χ1n) is 5.43. The normalized spacial score (nSPS) is 21.9. The molecule has 1 aromatic rings. The second-order valence-corrected chi connectivity index (χ2v) is 4.29. The van der Waals surface area contributed by atoms with Gasteiger partial charge in [0.15, 0.2) is 0 Å². The van der Waals surface area contributed by atoms with Gasteiger partial charge in [0.05, 0.1) is 5.69 Å². The van der Waals surface area contributed by atoms with Gasteiger partial charge >= 0.3 is 0 Å². The van der Waals surface area contributed by atoms with Crippen molar-refractivity contribution in [1.82, 2.24) is 9.78 Å². The van der Waals surface area contributed by atoms with Crippen molar-refractivity contribution in [3.05, 3.63) is 18.0 Å². The molecule has 0 atom stereocenters. The molecule has 0 bridgehead atoms. The Balaban J connectivity index is 2.25. The molecule has 0 aromatic carbocycles. The van der Waals surface area contributed by atoms with E-state index < -0.39 is 5.60 Å². The van der Waals surface area contributed by atoms with E-state index in [0.717, 1.165) is 31.4 Å². The van der Waals surface area contributed by atoms with Crippen LogP contribution in [-0.4, -0.2) is 14.9 Å². The lowest BCUT2D eigenvalue weighted by atomic mass is 9.91. The summed E-state index contributed by atoms with van der Waals surface area (Å²) in [6.45, 7) is 0. The Hall–Kier alpha value is -0.830. The highest BCUT2D eigenvalue weighted by atomic mass is 16.3. The molecule has 1 N–H and O–H groups in total. The van der Waals surface area contributed by atoms with Gasteiger partial charge in [-0.05, 0) is 18.9 Å². The Morgan fingerprint density at radius 3 is 2.43 bits per heavy atom. The van der Waals surface area contributed by atoms with Gasteiger partial charge in [-0.15, -0.1) is 0 Å². The first-order valence-corrected chi connectivity index (χ1v) is 5.43. The highest BCUT2D eigenvalue weighted by Crippen LogP contribution is 2.35. The van der Waals surface area contributed by atoms with Crippen LogP contribution in [0.5, 0.6) is 0 Å². The smallest absolute Gasteiger partial charge is 0.106 e. The van der Waals surface area contributed by atoms with Crippen molar-refractivity contribution in [2.75, 3.05) is 0 Å². The van der Waals surface area contributed by atoms with Crippen LogP contribution in [0, 0.1) is 0 Å². The maximum atomic E-state index is 10.5. The molecule has 0 spiro atoms. The molecule has 0 amide bonds. The molecule has 2 rings (SSSR count). The third-order valence-electron chi connectivity index (χ3n) is 3.23. The molecule has 1 aliphatic carbocycles. The Bertz CT molecular complexity index is 298. The van der Waals surface area contributed by atoms with E-state index in [2.05, 4.69) is 5.10 Å². The molecule has 0 aliphatic heterocycles. The average molecular weight is 194 g/mol. The zero-order valence-corrected chi connectivity index (χ0v) is 8.74. The van der Waals surface area contributed by atoms with Crippen molar-refractivity contribution in [3.63, 3.8) is 0 Å². The summed E-state index contributed by atoms with van der Waals surface area (Å²) in [7, 11) is 1.90. The van der Waals surface area contributed by atoms with Crippen LogP contribution in [0.4, 0.5) is 0 Å². The zero-order valence-electron chi connectivity index (χ0n) is 8.74. The van der Waals surface area contributed by atoms with Crippen LogP contribution in [-0.2, 0) is 12.6 Å². The van der Waals surface area contributed by atoms with E-state index >= 15 is 0 Å². The maximum absolute atomic E-state index is 10.5. The lowest BCUT2D eigenvalue weighted by Gasteiger charge is -2.26. The van der Waals surface area contributed by atoms with Crippen LogP contribution >= 0.6 is 0 Å². The van der Waals surface area contributed by atoms with Gasteiger partial charge in [0.1, 0.15) is 5.60 Å². The van der Waals surface area contributed by atoms with Crippen molar-refractivity contribution < 1.29 is 5.11 Å². The Morgan fingerprint density at radius 2 is 1.93 bits per heavy atom. The predicted octanol–water partition coefficient (Wildman–Crippen LogP) is 1.96. The summed E-state index contributed by atoms with van der Waals surface area (Å²) in [5.41, 5.74) is 0.348. The molecule has 0 unspecified atom stereocenters. The minimum Gasteiger partial charge on any atom is -0.384 e. The molecule has 14 heavy (non-hydrogen) atoms. The van der Waals surface area contributed by atoms with Crippen molar-refractivity contribution in [1.29, 1.82) is 0 Å². The van der Waals surface area contributed by atoms with E-state index in [4.69, 9.17) is 0 Å². The highest BCUT2D eigenvalue weighted by Gasteiger charge is 2.32. The number of aromatic nitrogens is 2. The van der Waals surface area contributed by atoms with E-state index in [0.29, 0.717) is 0 Å². The van der Waals surface area contributed by atoms with Crippen LogP contribution in [0.2, 0.25) is 0 Å². The lowest BCUT2D eigenvalue weighted by Crippen LogP contribution is -2.27. The number of rotatable bonds is 1. The molecular formula is C11H18N2O. The second kappa shape index (κ2) is 3.73. The Morgan fingerprint density at radius 1 is 1.29 bits per heavy atom. The first-order chi connectivity index (χ1) is 6.72. The fraction of sp³-hybridized carbons (Fsp3) is 0.727. The molecule has 1 fully saturated rings. The van der Waals surface area contributed by atoms with Crippen LogP contribution in [0.3, 0.4) is 0 Å². The minimum atomic E-state index is -0.623. The van der Waals surface area contributed by atoms with Gasteiger partial charge < -0.3 is 5.11 Å². The summed E-state index contributed by atoms with van der Waals surface area (Å²) in [5, 5.41) is 14.7. The summed E-state index contributed by atoms with van der Waals surface area (Å²) in [6, 6.07) is 1.94. The largest absolute Gasteiger partial charge is 0.384 e. The van der Waals surface area contributed by atoms with Crippen LogP contribution in [0.25, 0.3) is 0 Å². The van der Waals surface area contributed by atoms with Crippen molar-refractivity contribution in [2.45, 2.75) is 44.1 Å². The average Bonchev–Trinajstić information content (AvgIpc) is 2.46. The molecule has 3 nitrogen and oxygen atoms in total. The van der Waals surface area contributed by atoms with Gasteiger partial charge in [0.2, 0.25) is 0 Å². The topological polar surface area (TPSA) is 38.0 Å². The predicted molar refractivity (Wildman–Crippen MR) is 54.8 cm³/mol. The molecule has 78 valence electrons. The molecular weight excluding hydrogens is 176 g/mol. The number of hydrogen-bond donors (Lipinski definition) is 1. The van der Waals surface area contributed by atoms with E-state index in [9.17, 15) is 5.11 Å². The zero-order chi connectivity index (χ0) is 10.0. The number of nitrogens with zero attached hydrogens (tertiary/aromatic N) is 2. The standard InChI is InChI=1S/C11H18N2O/c1-13-10(6-9-12-13)11(14)7-4-2-3-5-8-11/h6,9,14H,2-5,7-8H2,1H3. The third kappa shape index (κ3) is 1.69. The van der Waals surface area contributed by atoms with Gasteiger partial charge in [-0.25, -0.2) is 0 Å². The monoisotopic (exact) mass is 194 g/mol. The summed E-state index contributed by atoms with van der Waals surface area (Å²) in [6.07, 6.45) is 8.28. The summed E-state index contributed by atoms with van der Waals surface area (Å²) in [4.78, 5) is 0. The van der Waals surface area contributed by atoms with Crippen LogP contribution in [0.1, 0.15) is 44.2 Å². The molecule has 0 saturated heterocycles. The molecule has 1 aliphatic rings. The van der Waals surface area contributed by atoms with Gasteiger partial charge in [-0.1, -0.05) is 25.7 Å². The van der Waals surface area contributed by atoms with Crippen molar-refractivity contribution in [3.8, 4) is 0 Å². The number of hydrogen-bond acceptors (Lipinski definition) is 2. The third-order valence-corrected chi connectivity index (χ3v) is 3.23. The number of aliphatic hydroxyl groups is 1.